The molecule has 0 aliphatic rings. The summed E-state index contributed by atoms with van der Waals surface area (Å²) >= 11 is 1.70. The Labute approximate surface area is 116 Å². The molecular formula is C15H17N3S. The van der Waals surface area contributed by atoms with Crippen molar-refractivity contribution in [1.29, 1.82) is 0 Å². The topological polar surface area (TPSA) is 29.9 Å². The first-order chi connectivity index (χ1) is 9.10. The van der Waals surface area contributed by atoms with Crippen LogP contribution in [0.4, 0.5) is 5.13 Å². The third-order valence-electron chi connectivity index (χ3n) is 3.41. The Bertz CT molecular complexity index is 752. The Kier molecular flexibility index (Phi) is 2.82. The van der Waals surface area contributed by atoms with Gasteiger partial charge in [0, 0.05) is 41.6 Å². The van der Waals surface area contributed by atoms with Crippen molar-refractivity contribution < 1.29 is 0 Å². The number of aromatic nitrogens is 2. The highest BCUT2D eigenvalue weighted by atomic mass is 32.1. The summed E-state index contributed by atoms with van der Waals surface area (Å²) in [6, 6.07) is 6.57. The summed E-state index contributed by atoms with van der Waals surface area (Å²) in [5, 5.41) is 5.36. The monoisotopic (exact) mass is 271 g/mol. The zero-order valence-corrected chi connectivity index (χ0v) is 12.4. The number of rotatable bonds is 2. The van der Waals surface area contributed by atoms with E-state index in [1.54, 1.807) is 11.3 Å². The number of nitrogens with zero attached hydrogens (tertiary/aromatic N) is 2. The first-order valence-corrected chi connectivity index (χ1v) is 7.13. The predicted molar refractivity (Wildman–Crippen MR) is 83.0 cm³/mol. The van der Waals surface area contributed by atoms with Crippen LogP contribution in [0.25, 0.3) is 22.2 Å². The molecule has 3 nitrogen and oxygen atoms in total. The van der Waals surface area contributed by atoms with Crippen molar-refractivity contribution in [3.8, 4) is 11.3 Å². The van der Waals surface area contributed by atoms with E-state index in [1.807, 2.05) is 7.05 Å². The van der Waals surface area contributed by atoms with Gasteiger partial charge in [-0.2, -0.15) is 0 Å². The van der Waals surface area contributed by atoms with Gasteiger partial charge in [0.15, 0.2) is 5.13 Å². The molecule has 3 aromatic rings. The van der Waals surface area contributed by atoms with E-state index < -0.39 is 0 Å². The molecule has 2 heterocycles. The first-order valence-electron chi connectivity index (χ1n) is 6.31. The van der Waals surface area contributed by atoms with Gasteiger partial charge in [-0.1, -0.05) is 12.1 Å². The van der Waals surface area contributed by atoms with E-state index in [0.29, 0.717) is 0 Å². The van der Waals surface area contributed by atoms with E-state index in [9.17, 15) is 0 Å². The fraction of sp³-hybridized carbons (Fsp3) is 0.267. The Morgan fingerprint density at radius 2 is 2.05 bits per heavy atom. The maximum absolute atomic E-state index is 4.68. The summed E-state index contributed by atoms with van der Waals surface area (Å²) in [4.78, 5) is 5.93. The zero-order valence-electron chi connectivity index (χ0n) is 11.6. The van der Waals surface area contributed by atoms with Crippen molar-refractivity contribution in [3.63, 3.8) is 0 Å². The SMILES string of the molecule is CNc1nc(-c2cn(C)c3cc(C)ccc23)c(C)s1. The molecule has 2 aromatic heterocycles. The van der Waals surface area contributed by atoms with Gasteiger partial charge < -0.3 is 9.88 Å². The Morgan fingerprint density at radius 3 is 2.74 bits per heavy atom. The quantitative estimate of drug-likeness (QED) is 0.764. The standard InChI is InChI=1S/C15H17N3S/c1-9-5-6-11-12(8-18(4)13(11)7-9)14-10(2)19-15(16-3)17-14/h5-8H,1-4H3,(H,16,17). The van der Waals surface area contributed by atoms with E-state index in [4.69, 9.17) is 0 Å². The average Bonchev–Trinajstić information content (AvgIpc) is 2.91. The minimum atomic E-state index is 0.969. The molecule has 0 saturated heterocycles. The zero-order chi connectivity index (χ0) is 13.6. The van der Waals surface area contributed by atoms with Gasteiger partial charge >= 0.3 is 0 Å². The molecule has 0 spiro atoms. The van der Waals surface area contributed by atoms with E-state index in [-0.39, 0.29) is 0 Å². The highest BCUT2D eigenvalue weighted by Gasteiger charge is 2.14. The van der Waals surface area contributed by atoms with Gasteiger partial charge in [0.1, 0.15) is 0 Å². The molecule has 1 aromatic carbocycles. The van der Waals surface area contributed by atoms with Gasteiger partial charge in [0.05, 0.1) is 5.69 Å². The molecule has 0 bridgehead atoms. The van der Waals surface area contributed by atoms with Crippen LogP contribution in [0, 0.1) is 13.8 Å². The second kappa shape index (κ2) is 4.38. The van der Waals surface area contributed by atoms with Crippen LogP contribution < -0.4 is 5.32 Å². The molecule has 0 radical (unpaired) electrons. The number of nitrogens with one attached hydrogen (secondary N) is 1. The Morgan fingerprint density at radius 1 is 1.26 bits per heavy atom. The molecule has 0 saturated carbocycles. The normalized spacial score (nSPS) is 11.2. The van der Waals surface area contributed by atoms with Gasteiger partial charge in [-0.25, -0.2) is 4.98 Å². The molecule has 98 valence electrons. The number of anilines is 1. The van der Waals surface area contributed by atoms with Gasteiger partial charge in [-0.3, -0.25) is 0 Å². The summed E-state index contributed by atoms with van der Waals surface area (Å²) in [5.74, 6) is 0. The molecule has 19 heavy (non-hydrogen) atoms. The second-order valence-electron chi connectivity index (χ2n) is 4.85. The smallest absolute Gasteiger partial charge is 0.183 e. The second-order valence-corrected chi connectivity index (χ2v) is 6.05. The third-order valence-corrected chi connectivity index (χ3v) is 4.40. The summed E-state index contributed by atoms with van der Waals surface area (Å²) in [6.45, 7) is 4.25. The maximum atomic E-state index is 4.68. The number of aryl methyl sites for hydroxylation is 3. The molecule has 0 unspecified atom stereocenters. The molecule has 0 amide bonds. The predicted octanol–water partition coefficient (Wildman–Crippen LogP) is 3.96. The van der Waals surface area contributed by atoms with Crippen molar-refractivity contribution in [2.75, 3.05) is 12.4 Å². The summed E-state index contributed by atoms with van der Waals surface area (Å²) < 4.78 is 2.18. The fourth-order valence-electron chi connectivity index (χ4n) is 2.44. The van der Waals surface area contributed by atoms with Crippen molar-refractivity contribution in [1.82, 2.24) is 9.55 Å². The van der Waals surface area contributed by atoms with Crippen LogP contribution in [-0.4, -0.2) is 16.6 Å². The number of thiazole rings is 1. The van der Waals surface area contributed by atoms with Crippen molar-refractivity contribution in [3.05, 3.63) is 34.8 Å². The molecule has 0 fully saturated rings. The minimum absolute atomic E-state index is 0.969. The lowest BCUT2D eigenvalue weighted by atomic mass is 10.1. The summed E-state index contributed by atoms with van der Waals surface area (Å²) in [7, 11) is 4.00. The minimum Gasteiger partial charge on any atom is -0.365 e. The van der Waals surface area contributed by atoms with Gasteiger partial charge in [0.25, 0.3) is 0 Å². The summed E-state index contributed by atoms with van der Waals surface area (Å²) in [5.41, 5.74) is 4.84. The largest absolute Gasteiger partial charge is 0.365 e. The molecular weight excluding hydrogens is 254 g/mol. The lowest BCUT2D eigenvalue weighted by Crippen LogP contribution is -1.86. The van der Waals surface area contributed by atoms with Crippen LogP contribution in [0.1, 0.15) is 10.4 Å². The summed E-state index contributed by atoms with van der Waals surface area (Å²) in [6.07, 6.45) is 2.17. The van der Waals surface area contributed by atoms with Crippen LogP contribution in [0.2, 0.25) is 0 Å². The van der Waals surface area contributed by atoms with Crippen molar-refractivity contribution in [2.24, 2.45) is 7.05 Å². The lowest BCUT2D eigenvalue weighted by molar-refractivity contribution is 0.968. The number of hydrogen-bond acceptors (Lipinski definition) is 3. The van der Waals surface area contributed by atoms with Gasteiger partial charge in [0.2, 0.25) is 0 Å². The van der Waals surface area contributed by atoms with Crippen molar-refractivity contribution >= 4 is 27.4 Å². The Hall–Kier alpha value is -1.81. The molecule has 4 heteroatoms. The first kappa shape index (κ1) is 12.2. The average molecular weight is 271 g/mol. The maximum Gasteiger partial charge on any atom is 0.183 e. The molecule has 0 aliphatic carbocycles. The molecule has 3 rings (SSSR count). The van der Waals surface area contributed by atoms with Crippen molar-refractivity contribution in [2.45, 2.75) is 13.8 Å². The number of benzene rings is 1. The number of hydrogen-bond donors (Lipinski definition) is 1. The van der Waals surface area contributed by atoms with E-state index in [1.165, 1.54) is 26.9 Å². The van der Waals surface area contributed by atoms with Crippen LogP contribution in [0.15, 0.2) is 24.4 Å². The Balaban J connectivity index is 2.27. The molecule has 0 atom stereocenters. The van der Waals surface area contributed by atoms with Gasteiger partial charge in [-0.15, -0.1) is 11.3 Å². The third kappa shape index (κ3) is 1.92. The fourth-order valence-corrected chi connectivity index (χ4v) is 3.22. The van der Waals surface area contributed by atoms with Crippen LogP contribution in [0.3, 0.4) is 0 Å². The lowest BCUT2D eigenvalue weighted by Gasteiger charge is -1.98. The molecule has 0 aliphatic heterocycles. The molecule has 1 N–H and O–H groups in total. The van der Waals surface area contributed by atoms with E-state index >= 15 is 0 Å². The highest BCUT2D eigenvalue weighted by Crippen LogP contribution is 2.35. The van der Waals surface area contributed by atoms with E-state index in [2.05, 4.69) is 60.2 Å². The number of fused-ring (bicyclic) bond motifs is 1. The van der Waals surface area contributed by atoms with Crippen LogP contribution in [-0.2, 0) is 7.05 Å². The van der Waals surface area contributed by atoms with Gasteiger partial charge in [-0.05, 0) is 25.5 Å². The van der Waals surface area contributed by atoms with E-state index in [0.717, 1.165) is 10.8 Å². The van der Waals surface area contributed by atoms with Crippen LogP contribution in [0.5, 0.6) is 0 Å². The van der Waals surface area contributed by atoms with Crippen LogP contribution >= 0.6 is 11.3 Å². The highest BCUT2D eigenvalue weighted by molar-refractivity contribution is 7.16.